The number of carbonyl (C=O) groups is 2. The number of sulfonamides is 1. The highest BCUT2D eigenvalue weighted by molar-refractivity contribution is 7.89. The molecular weight excluding hydrogens is 332 g/mol. The molecule has 0 bridgehead atoms. The Balaban J connectivity index is 2.55. The van der Waals surface area contributed by atoms with E-state index in [0.29, 0.717) is 11.3 Å². The third kappa shape index (κ3) is 2.81. The fourth-order valence-corrected chi connectivity index (χ4v) is 4.01. The Morgan fingerprint density at radius 1 is 1.45 bits per heavy atom. The summed E-state index contributed by atoms with van der Waals surface area (Å²) >= 11 is 6.19. The van der Waals surface area contributed by atoms with Gasteiger partial charge in [-0.25, -0.2) is 13.6 Å². The highest BCUT2D eigenvalue weighted by Crippen LogP contribution is 2.37. The fraction of sp³-hybridized carbons (Fsp3) is 0.385. The van der Waals surface area contributed by atoms with Gasteiger partial charge in [0, 0.05) is 13.0 Å². The molecule has 0 radical (unpaired) electrons. The summed E-state index contributed by atoms with van der Waals surface area (Å²) in [6.07, 6.45) is -0.110. The van der Waals surface area contributed by atoms with Gasteiger partial charge in [-0.3, -0.25) is 9.59 Å². The van der Waals surface area contributed by atoms with Crippen LogP contribution < -0.4 is 10.0 Å². The number of nitrogens with two attached hydrogens (primary N) is 1. The maximum absolute atomic E-state index is 12.0. The number of nitrogens with zero attached hydrogens (tertiary/aromatic N) is 1. The Bertz CT molecular complexity index is 775. The Kier molecular flexibility index (Phi) is 4.20. The number of benzene rings is 1. The van der Waals surface area contributed by atoms with Crippen LogP contribution >= 0.6 is 11.6 Å². The predicted octanol–water partition coefficient (Wildman–Crippen LogP) is 1.04. The first kappa shape index (κ1) is 16.7. The zero-order valence-corrected chi connectivity index (χ0v) is 13.5. The summed E-state index contributed by atoms with van der Waals surface area (Å²) in [6.45, 7) is 3.04. The maximum atomic E-state index is 12.0. The standard InChI is InChI=1S/C13H15ClN2O5S/c1-6-3-9(11(14)7(2)12(6)22(15,20)21)16-5-8(13(18)19)4-10(16)17/h3,8H,4-5H2,1-2H3,(H,18,19)(H2,15,20,21). The van der Waals surface area contributed by atoms with Crippen LogP contribution in [0.1, 0.15) is 17.5 Å². The number of amides is 1. The summed E-state index contributed by atoms with van der Waals surface area (Å²) in [5.41, 5.74) is 0.898. The lowest BCUT2D eigenvalue weighted by Gasteiger charge is -2.21. The number of halogens is 1. The first-order chi connectivity index (χ1) is 10.0. The maximum Gasteiger partial charge on any atom is 0.308 e. The molecule has 9 heteroatoms. The van der Waals surface area contributed by atoms with Crippen LogP contribution in [0.5, 0.6) is 0 Å². The number of carboxylic acid groups (broad SMARTS) is 1. The summed E-state index contributed by atoms with van der Waals surface area (Å²) in [6, 6.07) is 1.44. The van der Waals surface area contributed by atoms with Crippen molar-refractivity contribution < 1.29 is 23.1 Å². The minimum Gasteiger partial charge on any atom is -0.481 e. The zero-order valence-electron chi connectivity index (χ0n) is 12.0. The van der Waals surface area contributed by atoms with E-state index in [4.69, 9.17) is 21.8 Å². The van der Waals surface area contributed by atoms with E-state index in [1.54, 1.807) is 6.92 Å². The number of aryl methyl sites for hydroxylation is 1. The molecule has 1 saturated heterocycles. The largest absolute Gasteiger partial charge is 0.481 e. The molecule has 1 aromatic rings. The van der Waals surface area contributed by atoms with Crippen molar-refractivity contribution in [3.8, 4) is 0 Å². The van der Waals surface area contributed by atoms with Crippen LogP contribution in [0, 0.1) is 19.8 Å². The van der Waals surface area contributed by atoms with Gasteiger partial charge in [0.1, 0.15) is 0 Å². The van der Waals surface area contributed by atoms with Gasteiger partial charge in [-0.1, -0.05) is 11.6 Å². The molecule has 120 valence electrons. The molecule has 7 nitrogen and oxygen atoms in total. The Hall–Kier alpha value is -1.64. The van der Waals surface area contributed by atoms with E-state index in [0.717, 1.165) is 0 Å². The molecule has 1 aliphatic rings. The van der Waals surface area contributed by atoms with Gasteiger partial charge in [-0.2, -0.15) is 0 Å². The van der Waals surface area contributed by atoms with Gasteiger partial charge in [0.25, 0.3) is 0 Å². The molecule has 1 heterocycles. The van der Waals surface area contributed by atoms with Gasteiger partial charge < -0.3 is 10.0 Å². The van der Waals surface area contributed by atoms with Crippen molar-refractivity contribution in [3.05, 3.63) is 22.2 Å². The van der Waals surface area contributed by atoms with E-state index >= 15 is 0 Å². The molecule has 22 heavy (non-hydrogen) atoms. The molecule has 1 fully saturated rings. The van der Waals surface area contributed by atoms with Crippen molar-refractivity contribution >= 4 is 39.2 Å². The van der Waals surface area contributed by atoms with Gasteiger partial charge in [0.2, 0.25) is 15.9 Å². The lowest BCUT2D eigenvalue weighted by Crippen LogP contribution is -2.27. The molecule has 2 rings (SSSR count). The number of aliphatic carboxylic acids is 1. The lowest BCUT2D eigenvalue weighted by atomic mass is 10.1. The third-order valence-corrected chi connectivity index (χ3v) is 5.33. The molecule has 1 amide bonds. The van der Waals surface area contributed by atoms with E-state index in [-0.39, 0.29) is 34.4 Å². The van der Waals surface area contributed by atoms with Gasteiger partial charge in [-0.05, 0) is 31.0 Å². The first-order valence-corrected chi connectivity index (χ1v) is 8.32. The summed E-state index contributed by atoms with van der Waals surface area (Å²) in [4.78, 5) is 24.2. The number of anilines is 1. The Morgan fingerprint density at radius 2 is 2.05 bits per heavy atom. The van der Waals surface area contributed by atoms with Crippen molar-refractivity contribution in [1.29, 1.82) is 0 Å². The second kappa shape index (κ2) is 5.53. The summed E-state index contributed by atoms with van der Waals surface area (Å²) < 4.78 is 23.3. The number of hydrogen-bond donors (Lipinski definition) is 2. The summed E-state index contributed by atoms with van der Waals surface area (Å²) in [7, 11) is -3.95. The van der Waals surface area contributed by atoms with Crippen molar-refractivity contribution in [2.75, 3.05) is 11.4 Å². The zero-order chi connectivity index (χ0) is 16.8. The number of carbonyl (C=O) groups excluding carboxylic acids is 1. The molecule has 1 aliphatic heterocycles. The topological polar surface area (TPSA) is 118 Å². The minimum atomic E-state index is -3.95. The van der Waals surface area contributed by atoms with Crippen LogP contribution in [0.2, 0.25) is 5.02 Å². The molecule has 1 unspecified atom stereocenters. The SMILES string of the molecule is Cc1cc(N2CC(C(=O)O)CC2=O)c(Cl)c(C)c1S(N)(=O)=O. The van der Waals surface area contributed by atoms with Crippen LogP contribution in [0.25, 0.3) is 0 Å². The number of hydrogen-bond acceptors (Lipinski definition) is 4. The second-order valence-electron chi connectivity index (χ2n) is 5.27. The average molecular weight is 347 g/mol. The highest BCUT2D eigenvalue weighted by Gasteiger charge is 2.36. The molecule has 3 N–H and O–H groups in total. The van der Waals surface area contributed by atoms with Gasteiger partial charge in [0.15, 0.2) is 0 Å². The van der Waals surface area contributed by atoms with E-state index in [1.165, 1.54) is 17.9 Å². The van der Waals surface area contributed by atoms with Gasteiger partial charge >= 0.3 is 5.97 Å². The quantitative estimate of drug-likeness (QED) is 0.847. The van der Waals surface area contributed by atoms with Crippen LogP contribution in [0.4, 0.5) is 5.69 Å². The van der Waals surface area contributed by atoms with Crippen LogP contribution in [-0.4, -0.2) is 31.9 Å². The summed E-state index contributed by atoms with van der Waals surface area (Å²) in [5.74, 6) is -2.22. The van der Waals surface area contributed by atoms with E-state index in [2.05, 4.69) is 0 Å². The Morgan fingerprint density at radius 3 is 2.50 bits per heavy atom. The van der Waals surface area contributed by atoms with Crippen LogP contribution in [0.15, 0.2) is 11.0 Å². The van der Waals surface area contributed by atoms with Crippen LogP contribution in [-0.2, 0) is 19.6 Å². The molecule has 0 aromatic heterocycles. The molecule has 0 aliphatic carbocycles. The molecule has 0 spiro atoms. The molecule has 1 atom stereocenters. The normalized spacial score (nSPS) is 18.8. The molecule has 1 aromatic carbocycles. The summed E-state index contributed by atoms with van der Waals surface area (Å²) in [5, 5.41) is 14.3. The van der Waals surface area contributed by atoms with Crippen LogP contribution in [0.3, 0.4) is 0 Å². The minimum absolute atomic E-state index is 0.00148. The molecular formula is C13H15ClN2O5S. The van der Waals surface area contributed by atoms with Crippen molar-refractivity contribution in [2.45, 2.75) is 25.2 Å². The van der Waals surface area contributed by atoms with E-state index in [1.807, 2.05) is 0 Å². The van der Waals surface area contributed by atoms with E-state index in [9.17, 15) is 18.0 Å². The number of rotatable bonds is 3. The average Bonchev–Trinajstić information content (AvgIpc) is 2.74. The Labute approximate surface area is 132 Å². The lowest BCUT2D eigenvalue weighted by molar-refractivity contribution is -0.141. The van der Waals surface area contributed by atoms with Crippen molar-refractivity contribution in [3.63, 3.8) is 0 Å². The number of carboxylic acids is 1. The monoisotopic (exact) mass is 346 g/mol. The second-order valence-corrected chi connectivity index (χ2v) is 7.15. The van der Waals surface area contributed by atoms with Crippen molar-refractivity contribution in [2.24, 2.45) is 11.1 Å². The highest BCUT2D eigenvalue weighted by atomic mass is 35.5. The van der Waals surface area contributed by atoms with Gasteiger partial charge in [0.05, 0.1) is 21.5 Å². The van der Waals surface area contributed by atoms with Gasteiger partial charge in [-0.15, -0.1) is 0 Å². The molecule has 0 saturated carbocycles. The fourth-order valence-electron chi connectivity index (χ4n) is 2.66. The number of primary sulfonamides is 1. The smallest absolute Gasteiger partial charge is 0.308 e. The first-order valence-electron chi connectivity index (χ1n) is 6.39. The predicted molar refractivity (Wildman–Crippen MR) is 80.4 cm³/mol. The van der Waals surface area contributed by atoms with Crippen molar-refractivity contribution in [1.82, 2.24) is 0 Å². The van der Waals surface area contributed by atoms with E-state index < -0.39 is 21.9 Å². The third-order valence-electron chi connectivity index (χ3n) is 3.66.